The number of rotatable bonds is 3. The van der Waals surface area contributed by atoms with Gasteiger partial charge in [-0.3, -0.25) is 0 Å². The molecule has 0 saturated heterocycles. The molecule has 0 aliphatic carbocycles. The van der Waals surface area contributed by atoms with Crippen LogP contribution in [0.3, 0.4) is 0 Å². The van der Waals surface area contributed by atoms with Gasteiger partial charge in [-0.15, -0.1) is 0 Å². The van der Waals surface area contributed by atoms with Gasteiger partial charge in [-0.05, 0) is 23.5 Å². The second-order valence-corrected chi connectivity index (χ2v) is 3.25. The molecule has 11 heavy (non-hydrogen) atoms. The maximum Gasteiger partial charge on any atom is 0.0148 e. The van der Waals surface area contributed by atoms with Crippen LogP contribution in [0.4, 0.5) is 0 Å². The fourth-order valence-electron chi connectivity index (χ4n) is 1.00. The van der Waals surface area contributed by atoms with Gasteiger partial charge < -0.3 is 0 Å². The minimum absolute atomic E-state index is 1.09. The Hall–Kier alpha value is -0.690. The minimum Gasteiger partial charge on any atom is -0.0984 e. The largest absolute Gasteiger partial charge is 0.0984 e. The number of aryl methyl sites for hydroxylation is 1. The van der Waals surface area contributed by atoms with E-state index in [9.17, 15) is 0 Å². The van der Waals surface area contributed by atoms with Gasteiger partial charge >= 0.3 is 0 Å². The molecule has 0 aliphatic rings. The van der Waals surface area contributed by atoms with Gasteiger partial charge in [0.2, 0.25) is 0 Å². The van der Waals surface area contributed by atoms with Crippen molar-refractivity contribution in [2.24, 2.45) is 0 Å². The first-order chi connectivity index (χ1) is 5.38. The maximum atomic E-state index is 3.69. The molecule has 0 nitrogen and oxygen atoms in total. The number of thioether (sulfide) groups is 1. The molecule has 0 amide bonds. The van der Waals surface area contributed by atoms with Gasteiger partial charge in [0.25, 0.3) is 0 Å². The number of hydrogen-bond donors (Lipinski definition) is 0. The SMILES string of the molecule is C=CSc1ccccc1CC. The average Bonchev–Trinajstić information content (AvgIpc) is 2.06. The highest BCUT2D eigenvalue weighted by molar-refractivity contribution is 8.02. The predicted molar refractivity (Wildman–Crippen MR) is 51.9 cm³/mol. The Kier molecular flexibility index (Phi) is 3.24. The summed E-state index contributed by atoms with van der Waals surface area (Å²) < 4.78 is 0. The van der Waals surface area contributed by atoms with Crippen molar-refractivity contribution in [3.63, 3.8) is 0 Å². The van der Waals surface area contributed by atoms with Crippen LogP contribution in [0.2, 0.25) is 0 Å². The molecule has 0 radical (unpaired) electrons. The van der Waals surface area contributed by atoms with E-state index in [-0.39, 0.29) is 0 Å². The molecular formula is C10H12S. The van der Waals surface area contributed by atoms with Crippen LogP contribution < -0.4 is 0 Å². The molecule has 0 heterocycles. The Balaban J connectivity index is 2.92. The molecule has 0 spiro atoms. The molecule has 0 N–H and O–H groups in total. The molecule has 1 rings (SSSR count). The Morgan fingerprint density at radius 3 is 2.82 bits per heavy atom. The quantitative estimate of drug-likeness (QED) is 0.616. The number of hydrogen-bond acceptors (Lipinski definition) is 1. The summed E-state index contributed by atoms with van der Waals surface area (Å²) in [5, 5.41) is 1.87. The zero-order chi connectivity index (χ0) is 8.10. The third-order valence-corrected chi connectivity index (χ3v) is 2.38. The van der Waals surface area contributed by atoms with Crippen molar-refractivity contribution in [1.29, 1.82) is 0 Å². The first kappa shape index (κ1) is 8.41. The summed E-state index contributed by atoms with van der Waals surface area (Å²) in [7, 11) is 0. The summed E-state index contributed by atoms with van der Waals surface area (Å²) >= 11 is 1.69. The molecule has 1 aromatic carbocycles. The van der Waals surface area contributed by atoms with Crippen LogP contribution in [-0.2, 0) is 6.42 Å². The highest BCUT2D eigenvalue weighted by Crippen LogP contribution is 2.22. The smallest absolute Gasteiger partial charge is 0.0148 e. The highest BCUT2D eigenvalue weighted by atomic mass is 32.2. The molecule has 0 saturated carbocycles. The fraction of sp³-hybridized carbons (Fsp3) is 0.200. The summed E-state index contributed by atoms with van der Waals surface area (Å²) in [6, 6.07) is 8.42. The van der Waals surface area contributed by atoms with Gasteiger partial charge in [0.1, 0.15) is 0 Å². The maximum absolute atomic E-state index is 3.69. The lowest BCUT2D eigenvalue weighted by Gasteiger charge is -2.02. The molecule has 0 atom stereocenters. The molecule has 0 fully saturated rings. The van der Waals surface area contributed by atoms with Crippen LogP contribution in [0, 0.1) is 0 Å². The summed E-state index contributed by atoms with van der Waals surface area (Å²) in [6.45, 7) is 5.86. The van der Waals surface area contributed by atoms with E-state index in [1.165, 1.54) is 10.5 Å². The Morgan fingerprint density at radius 2 is 2.18 bits per heavy atom. The van der Waals surface area contributed by atoms with Crippen LogP contribution in [0.1, 0.15) is 12.5 Å². The first-order valence-corrected chi connectivity index (χ1v) is 4.62. The molecule has 0 aliphatic heterocycles. The van der Waals surface area contributed by atoms with E-state index in [0.29, 0.717) is 0 Å². The lowest BCUT2D eigenvalue weighted by atomic mass is 10.2. The standard InChI is InChI=1S/C10H12S/c1-3-9-7-5-6-8-10(9)11-4-2/h4-8H,2-3H2,1H3. The van der Waals surface area contributed by atoms with Crippen molar-refractivity contribution >= 4 is 11.8 Å². The molecule has 0 aromatic heterocycles. The zero-order valence-electron chi connectivity index (χ0n) is 6.71. The second kappa shape index (κ2) is 4.24. The van der Waals surface area contributed by atoms with Gasteiger partial charge in [0.05, 0.1) is 0 Å². The van der Waals surface area contributed by atoms with Gasteiger partial charge in [-0.25, -0.2) is 0 Å². The van der Waals surface area contributed by atoms with Crippen LogP contribution in [0.5, 0.6) is 0 Å². The summed E-state index contributed by atoms with van der Waals surface area (Å²) in [5.74, 6) is 0. The van der Waals surface area contributed by atoms with Gasteiger partial charge in [0, 0.05) is 4.90 Å². The monoisotopic (exact) mass is 164 g/mol. The van der Waals surface area contributed by atoms with E-state index in [1.54, 1.807) is 11.8 Å². The molecular weight excluding hydrogens is 152 g/mol. The van der Waals surface area contributed by atoms with Crippen LogP contribution in [-0.4, -0.2) is 0 Å². The van der Waals surface area contributed by atoms with Crippen molar-refractivity contribution in [3.8, 4) is 0 Å². The van der Waals surface area contributed by atoms with Gasteiger partial charge in [0.15, 0.2) is 0 Å². The van der Waals surface area contributed by atoms with Crippen LogP contribution >= 0.6 is 11.8 Å². The van der Waals surface area contributed by atoms with E-state index in [2.05, 4.69) is 37.8 Å². The summed E-state index contributed by atoms with van der Waals surface area (Å²) in [5.41, 5.74) is 1.40. The van der Waals surface area contributed by atoms with Crippen molar-refractivity contribution in [2.75, 3.05) is 0 Å². The molecule has 0 bridgehead atoms. The molecule has 1 aromatic rings. The van der Waals surface area contributed by atoms with E-state index in [0.717, 1.165) is 6.42 Å². The summed E-state index contributed by atoms with van der Waals surface area (Å²) in [4.78, 5) is 1.32. The number of benzene rings is 1. The van der Waals surface area contributed by atoms with Gasteiger partial charge in [-0.2, -0.15) is 0 Å². The lowest BCUT2D eigenvalue weighted by molar-refractivity contribution is 1.08. The van der Waals surface area contributed by atoms with E-state index >= 15 is 0 Å². The topological polar surface area (TPSA) is 0 Å². The minimum atomic E-state index is 1.09. The Bertz CT molecular complexity index is 240. The first-order valence-electron chi connectivity index (χ1n) is 3.74. The van der Waals surface area contributed by atoms with Crippen molar-refractivity contribution in [3.05, 3.63) is 41.8 Å². The molecule has 58 valence electrons. The normalized spacial score (nSPS) is 9.55. The second-order valence-electron chi connectivity index (χ2n) is 2.25. The lowest BCUT2D eigenvalue weighted by Crippen LogP contribution is -1.81. The van der Waals surface area contributed by atoms with Crippen LogP contribution in [0.25, 0.3) is 0 Å². The van der Waals surface area contributed by atoms with Gasteiger partial charge in [-0.1, -0.05) is 43.5 Å². The third-order valence-electron chi connectivity index (χ3n) is 1.56. The van der Waals surface area contributed by atoms with Crippen molar-refractivity contribution < 1.29 is 0 Å². The zero-order valence-corrected chi connectivity index (χ0v) is 7.53. The molecule has 0 unspecified atom stereocenters. The van der Waals surface area contributed by atoms with Crippen molar-refractivity contribution in [1.82, 2.24) is 0 Å². The third kappa shape index (κ3) is 2.12. The van der Waals surface area contributed by atoms with Crippen molar-refractivity contribution in [2.45, 2.75) is 18.2 Å². The molecule has 1 heteroatoms. The van der Waals surface area contributed by atoms with E-state index in [4.69, 9.17) is 0 Å². The van der Waals surface area contributed by atoms with E-state index < -0.39 is 0 Å². The highest BCUT2D eigenvalue weighted by Gasteiger charge is 1.95. The summed E-state index contributed by atoms with van der Waals surface area (Å²) in [6.07, 6.45) is 1.09. The Labute approximate surface area is 72.3 Å². The average molecular weight is 164 g/mol. The van der Waals surface area contributed by atoms with E-state index in [1.807, 2.05) is 5.41 Å². The van der Waals surface area contributed by atoms with Crippen LogP contribution in [0.15, 0.2) is 41.1 Å². The Morgan fingerprint density at radius 1 is 1.45 bits per heavy atom. The predicted octanol–water partition coefficient (Wildman–Crippen LogP) is 3.48. The fourth-order valence-corrected chi connectivity index (χ4v) is 1.70.